The van der Waals surface area contributed by atoms with E-state index in [1.807, 2.05) is 11.3 Å². The predicted octanol–water partition coefficient (Wildman–Crippen LogP) is 16.2. The predicted molar refractivity (Wildman–Crippen MR) is 257 cm³/mol. The van der Waals surface area contributed by atoms with Crippen molar-refractivity contribution in [2.24, 2.45) is 5.92 Å². The minimum Gasteiger partial charge on any atom is -0.454 e. The SMILES string of the molecule is CC1(C)C2=C(C=CCC2)C2(c3cc(-c4ccc(N(c5cccc6c5oc5ccccc56)c5cccc6c5sc5ccccc56)cc4)ccc3C3C=CC=CC32)c2ccccc21. The Labute approximate surface area is 360 Å². The third-order valence-electron chi connectivity index (χ3n) is 14.6. The molecule has 4 aliphatic rings. The Morgan fingerprint density at radius 3 is 2.23 bits per heavy atom. The monoisotopic (exact) mass is 801 g/mol. The highest BCUT2D eigenvalue weighted by molar-refractivity contribution is 7.26. The first-order valence-electron chi connectivity index (χ1n) is 21.7. The Bertz CT molecular complexity index is 3310. The van der Waals surface area contributed by atoms with Gasteiger partial charge in [-0.1, -0.05) is 165 Å². The number of hydrogen-bond donors (Lipinski definition) is 0. The number of anilines is 3. The molecule has 3 heteroatoms. The minimum atomic E-state index is -0.263. The molecule has 2 heterocycles. The Morgan fingerprint density at radius 1 is 0.623 bits per heavy atom. The molecule has 0 amide bonds. The molecule has 0 bridgehead atoms. The summed E-state index contributed by atoms with van der Waals surface area (Å²) in [6, 6.07) is 56.4. The van der Waals surface area contributed by atoms with Crippen molar-refractivity contribution in [3.05, 3.63) is 222 Å². The van der Waals surface area contributed by atoms with Crippen LogP contribution in [-0.2, 0) is 10.8 Å². The largest absolute Gasteiger partial charge is 0.454 e. The quantitative estimate of drug-likeness (QED) is 0.176. The third kappa shape index (κ3) is 4.78. The van der Waals surface area contributed by atoms with E-state index >= 15 is 0 Å². The smallest absolute Gasteiger partial charge is 0.159 e. The van der Waals surface area contributed by atoms with Gasteiger partial charge in [-0.3, -0.25) is 0 Å². The van der Waals surface area contributed by atoms with E-state index in [4.69, 9.17) is 4.42 Å². The molecule has 0 saturated heterocycles. The van der Waals surface area contributed by atoms with Crippen molar-refractivity contribution in [3.8, 4) is 11.1 Å². The van der Waals surface area contributed by atoms with Crippen LogP contribution in [0.25, 0.3) is 53.2 Å². The lowest BCUT2D eigenvalue weighted by atomic mass is 9.52. The summed E-state index contributed by atoms with van der Waals surface area (Å²) >= 11 is 1.86. The molecule has 0 radical (unpaired) electrons. The molecule has 4 aliphatic carbocycles. The average Bonchev–Trinajstić information content (AvgIpc) is 3.98. The second kappa shape index (κ2) is 12.9. The van der Waals surface area contributed by atoms with Crippen molar-refractivity contribution < 1.29 is 4.42 Å². The highest BCUT2D eigenvalue weighted by Crippen LogP contribution is 2.66. The van der Waals surface area contributed by atoms with Gasteiger partial charge in [0.05, 0.1) is 21.5 Å². The fourth-order valence-electron chi connectivity index (χ4n) is 11.9. The van der Waals surface area contributed by atoms with E-state index < -0.39 is 0 Å². The molecule has 2 aromatic heterocycles. The summed E-state index contributed by atoms with van der Waals surface area (Å²) in [5.74, 6) is 0.627. The van der Waals surface area contributed by atoms with Crippen LogP contribution in [0.5, 0.6) is 0 Å². The Hall–Kier alpha value is -6.68. The van der Waals surface area contributed by atoms with Crippen LogP contribution in [0.3, 0.4) is 0 Å². The summed E-state index contributed by atoms with van der Waals surface area (Å²) in [6.07, 6.45) is 16.7. The molecule has 0 fully saturated rings. The first kappa shape index (κ1) is 35.1. The van der Waals surface area contributed by atoms with Crippen LogP contribution in [0, 0.1) is 5.92 Å². The van der Waals surface area contributed by atoms with E-state index in [9.17, 15) is 0 Å². The number of benzene rings is 7. The number of para-hydroxylation sites is 2. The van der Waals surface area contributed by atoms with Gasteiger partial charge in [-0.25, -0.2) is 0 Å². The highest BCUT2D eigenvalue weighted by atomic mass is 32.1. The van der Waals surface area contributed by atoms with Crippen LogP contribution in [0.15, 0.2) is 204 Å². The summed E-state index contributed by atoms with van der Waals surface area (Å²) in [5, 5.41) is 4.81. The molecule has 0 N–H and O–H groups in total. The first-order valence-corrected chi connectivity index (χ1v) is 22.5. The Kier molecular flexibility index (Phi) is 7.43. The zero-order chi connectivity index (χ0) is 40.5. The topological polar surface area (TPSA) is 16.4 Å². The molecule has 1 spiro atoms. The van der Waals surface area contributed by atoms with E-state index in [1.165, 1.54) is 59.1 Å². The maximum Gasteiger partial charge on any atom is 0.159 e. The molecule has 0 saturated carbocycles. The zero-order valence-electron chi connectivity index (χ0n) is 34.2. The fraction of sp³-hybridized carbons (Fsp3) is 0.138. The summed E-state index contributed by atoms with van der Waals surface area (Å²) in [5.41, 5.74) is 16.2. The second-order valence-electron chi connectivity index (χ2n) is 17.8. The van der Waals surface area contributed by atoms with Crippen LogP contribution < -0.4 is 4.90 Å². The number of allylic oxidation sites excluding steroid dienone is 8. The summed E-state index contributed by atoms with van der Waals surface area (Å²) in [4.78, 5) is 2.41. The van der Waals surface area contributed by atoms with E-state index in [0.717, 1.165) is 51.8 Å². The van der Waals surface area contributed by atoms with Gasteiger partial charge >= 0.3 is 0 Å². The molecular formula is C58H43NOS. The molecule has 292 valence electrons. The molecule has 2 nitrogen and oxygen atoms in total. The molecule has 9 aromatic rings. The molecule has 0 aliphatic heterocycles. The maximum atomic E-state index is 6.73. The molecular weight excluding hydrogens is 759 g/mol. The second-order valence-corrected chi connectivity index (χ2v) is 18.9. The lowest BCUT2D eigenvalue weighted by Gasteiger charge is -2.50. The number of furan rings is 1. The van der Waals surface area contributed by atoms with Crippen molar-refractivity contribution in [1.82, 2.24) is 0 Å². The number of nitrogens with zero attached hydrogens (tertiary/aromatic N) is 1. The van der Waals surface area contributed by atoms with Crippen LogP contribution in [0.1, 0.15) is 54.9 Å². The lowest BCUT2D eigenvalue weighted by molar-refractivity contribution is 0.409. The van der Waals surface area contributed by atoms with Gasteiger partial charge in [-0.2, -0.15) is 0 Å². The van der Waals surface area contributed by atoms with Crippen LogP contribution >= 0.6 is 11.3 Å². The van der Waals surface area contributed by atoms with E-state index in [-0.39, 0.29) is 10.8 Å². The Morgan fingerprint density at radius 2 is 1.34 bits per heavy atom. The number of fused-ring (bicyclic) bond motifs is 14. The van der Waals surface area contributed by atoms with E-state index in [2.05, 4.69) is 207 Å². The van der Waals surface area contributed by atoms with Crippen molar-refractivity contribution in [2.45, 2.75) is 43.4 Å². The van der Waals surface area contributed by atoms with E-state index in [0.29, 0.717) is 11.8 Å². The Balaban J connectivity index is 0.999. The average molecular weight is 802 g/mol. The van der Waals surface area contributed by atoms with Crippen molar-refractivity contribution in [1.29, 1.82) is 0 Å². The summed E-state index contributed by atoms with van der Waals surface area (Å²) in [6.45, 7) is 4.91. The van der Waals surface area contributed by atoms with Crippen molar-refractivity contribution >= 4 is 70.5 Å². The third-order valence-corrected chi connectivity index (χ3v) is 15.8. The molecule has 3 unspecified atom stereocenters. The molecule has 61 heavy (non-hydrogen) atoms. The number of thiophene rings is 1. The van der Waals surface area contributed by atoms with Gasteiger partial charge < -0.3 is 9.32 Å². The minimum absolute atomic E-state index is 0.0272. The van der Waals surface area contributed by atoms with Crippen LogP contribution in [0.2, 0.25) is 0 Å². The normalized spacial score (nSPS) is 20.8. The molecule has 3 atom stereocenters. The van der Waals surface area contributed by atoms with Gasteiger partial charge in [-0.05, 0) is 94.3 Å². The van der Waals surface area contributed by atoms with Crippen LogP contribution in [-0.4, -0.2) is 0 Å². The van der Waals surface area contributed by atoms with Gasteiger partial charge in [0.25, 0.3) is 0 Å². The van der Waals surface area contributed by atoms with Crippen molar-refractivity contribution in [3.63, 3.8) is 0 Å². The first-order chi connectivity index (χ1) is 30.0. The molecule has 13 rings (SSSR count). The standard InChI is InChI=1S/C58H43NOS/c1-57(2)46-21-7-9-23-48(46)58(49-24-10-8-22-47(49)57)45-20-6-3-15-39(45)40-34-31-37(35-50(40)58)36-29-32-38(33-30-36)59(51-25-13-18-43-41-16-4-11-27-53(41)60-55(43)51)52-26-14-19-44-42-17-5-12-28-54(42)61-56(44)52/h3-7,9-21,23-35,39,45H,8,22H2,1-2H3. The number of rotatable bonds is 4. The zero-order valence-corrected chi connectivity index (χ0v) is 35.0. The summed E-state index contributed by atoms with van der Waals surface area (Å²) in [7, 11) is 0. The van der Waals surface area contributed by atoms with Crippen molar-refractivity contribution in [2.75, 3.05) is 4.90 Å². The highest BCUT2D eigenvalue weighted by Gasteiger charge is 2.58. The lowest BCUT2D eigenvalue weighted by Crippen LogP contribution is -2.44. The van der Waals surface area contributed by atoms with Gasteiger partial charge in [0.2, 0.25) is 0 Å². The van der Waals surface area contributed by atoms with Crippen LogP contribution in [0.4, 0.5) is 17.1 Å². The van der Waals surface area contributed by atoms with Gasteiger partial charge in [0.15, 0.2) is 5.58 Å². The summed E-state index contributed by atoms with van der Waals surface area (Å²) < 4.78 is 9.28. The van der Waals surface area contributed by atoms with Gasteiger partial charge in [0, 0.05) is 49.2 Å². The van der Waals surface area contributed by atoms with Gasteiger partial charge in [-0.15, -0.1) is 11.3 Å². The maximum absolute atomic E-state index is 6.73. The van der Waals surface area contributed by atoms with Gasteiger partial charge in [0.1, 0.15) is 5.58 Å². The van der Waals surface area contributed by atoms with E-state index in [1.54, 1.807) is 5.57 Å². The molecule has 7 aromatic carbocycles. The fourth-order valence-corrected chi connectivity index (χ4v) is 13.1. The number of hydrogen-bond acceptors (Lipinski definition) is 3.